The molecule has 7 nitrogen and oxygen atoms in total. The Bertz CT molecular complexity index is 739. The highest BCUT2D eigenvalue weighted by molar-refractivity contribution is 7.89. The SMILES string of the molecule is C[C@@H]1CCC[C@H](C)N1S(=O)(=O)CCNC(=O)c1ccc2c(c1)OCO2. The molecule has 1 aromatic rings. The molecule has 2 aliphatic heterocycles. The van der Waals surface area contributed by atoms with Crippen molar-refractivity contribution in [1.82, 2.24) is 9.62 Å². The first-order valence-electron chi connectivity index (χ1n) is 8.57. The van der Waals surface area contributed by atoms with Gasteiger partial charge in [-0.3, -0.25) is 4.79 Å². The highest BCUT2D eigenvalue weighted by Gasteiger charge is 2.34. The van der Waals surface area contributed by atoms with Gasteiger partial charge in [-0.15, -0.1) is 0 Å². The molecule has 0 spiro atoms. The minimum Gasteiger partial charge on any atom is -0.454 e. The van der Waals surface area contributed by atoms with Crippen LogP contribution in [0.4, 0.5) is 0 Å². The molecule has 25 heavy (non-hydrogen) atoms. The minimum absolute atomic E-state index is 0.0123. The lowest BCUT2D eigenvalue weighted by molar-refractivity contribution is 0.0955. The summed E-state index contributed by atoms with van der Waals surface area (Å²) in [5, 5.41) is 2.67. The normalized spacial score (nSPS) is 23.4. The van der Waals surface area contributed by atoms with Crippen molar-refractivity contribution in [2.24, 2.45) is 0 Å². The number of piperidine rings is 1. The fourth-order valence-electron chi connectivity index (χ4n) is 3.48. The molecule has 1 amide bonds. The van der Waals surface area contributed by atoms with Crippen molar-refractivity contribution in [2.75, 3.05) is 19.1 Å². The summed E-state index contributed by atoms with van der Waals surface area (Å²) in [6.07, 6.45) is 2.81. The van der Waals surface area contributed by atoms with E-state index in [1.165, 1.54) is 0 Å². The molecule has 2 aliphatic rings. The molecule has 1 aromatic carbocycles. The summed E-state index contributed by atoms with van der Waals surface area (Å²) in [6, 6.07) is 4.93. The molecule has 0 radical (unpaired) electrons. The minimum atomic E-state index is -3.40. The van der Waals surface area contributed by atoms with E-state index in [-0.39, 0.29) is 37.1 Å². The van der Waals surface area contributed by atoms with Crippen LogP contribution in [0.25, 0.3) is 0 Å². The lowest BCUT2D eigenvalue weighted by Gasteiger charge is -2.37. The van der Waals surface area contributed by atoms with Crippen LogP contribution in [0.2, 0.25) is 0 Å². The highest BCUT2D eigenvalue weighted by atomic mass is 32.2. The van der Waals surface area contributed by atoms with Gasteiger partial charge in [0.05, 0.1) is 5.75 Å². The number of nitrogens with one attached hydrogen (secondary N) is 1. The lowest BCUT2D eigenvalue weighted by Crippen LogP contribution is -2.49. The standard InChI is InChI=1S/C17H24N2O5S/c1-12-4-3-5-13(2)19(12)25(21,22)9-8-18-17(20)14-6-7-15-16(10-14)24-11-23-15/h6-7,10,12-13H,3-5,8-9,11H2,1-2H3,(H,18,20)/t12-,13+. The summed E-state index contributed by atoms with van der Waals surface area (Å²) in [5.74, 6) is 0.703. The summed E-state index contributed by atoms with van der Waals surface area (Å²) < 4.78 is 37.3. The molecule has 2 atom stereocenters. The van der Waals surface area contributed by atoms with Crippen LogP contribution >= 0.6 is 0 Å². The van der Waals surface area contributed by atoms with E-state index in [1.54, 1.807) is 22.5 Å². The molecule has 1 fully saturated rings. The van der Waals surface area contributed by atoms with Crippen molar-refractivity contribution in [2.45, 2.75) is 45.2 Å². The van der Waals surface area contributed by atoms with E-state index in [9.17, 15) is 13.2 Å². The van der Waals surface area contributed by atoms with E-state index in [1.807, 2.05) is 13.8 Å². The van der Waals surface area contributed by atoms with Gasteiger partial charge in [-0.05, 0) is 44.9 Å². The number of hydrogen-bond acceptors (Lipinski definition) is 5. The maximum Gasteiger partial charge on any atom is 0.251 e. The molecule has 1 N–H and O–H groups in total. The Morgan fingerprint density at radius 3 is 2.60 bits per heavy atom. The number of carbonyl (C=O) groups excluding carboxylic acids is 1. The Morgan fingerprint density at radius 2 is 1.88 bits per heavy atom. The van der Waals surface area contributed by atoms with Gasteiger partial charge >= 0.3 is 0 Å². The molecule has 138 valence electrons. The van der Waals surface area contributed by atoms with E-state index in [2.05, 4.69) is 5.32 Å². The van der Waals surface area contributed by atoms with E-state index in [0.717, 1.165) is 19.3 Å². The quantitative estimate of drug-likeness (QED) is 0.856. The molecule has 0 saturated carbocycles. The predicted molar refractivity (Wildman–Crippen MR) is 93.3 cm³/mol. The third kappa shape index (κ3) is 3.90. The van der Waals surface area contributed by atoms with Crippen molar-refractivity contribution in [3.63, 3.8) is 0 Å². The lowest BCUT2D eigenvalue weighted by atomic mass is 10.0. The van der Waals surface area contributed by atoms with E-state index in [0.29, 0.717) is 17.1 Å². The van der Waals surface area contributed by atoms with Crippen molar-refractivity contribution in [3.05, 3.63) is 23.8 Å². The first-order valence-corrected chi connectivity index (χ1v) is 10.2. The monoisotopic (exact) mass is 368 g/mol. The molecule has 0 bridgehead atoms. The second kappa shape index (κ2) is 7.21. The van der Waals surface area contributed by atoms with Crippen LogP contribution in [0.3, 0.4) is 0 Å². The zero-order chi connectivity index (χ0) is 18.0. The number of hydrogen-bond donors (Lipinski definition) is 1. The van der Waals surface area contributed by atoms with Gasteiger partial charge in [0.15, 0.2) is 11.5 Å². The van der Waals surface area contributed by atoms with E-state index < -0.39 is 10.0 Å². The number of ether oxygens (including phenoxy) is 2. The van der Waals surface area contributed by atoms with Crippen molar-refractivity contribution < 1.29 is 22.7 Å². The Hall–Kier alpha value is -1.80. The summed E-state index contributed by atoms with van der Waals surface area (Å²) in [5.41, 5.74) is 0.418. The molecule has 0 aromatic heterocycles. The van der Waals surface area contributed by atoms with Crippen LogP contribution in [-0.2, 0) is 10.0 Å². The molecular weight excluding hydrogens is 344 g/mol. The van der Waals surface area contributed by atoms with Gasteiger partial charge < -0.3 is 14.8 Å². The van der Waals surface area contributed by atoms with E-state index in [4.69, 9.17) is 9.47 Å². The zero-order valence-corrected chi connectivity index (χ0v) is 15.3. The van der Waals surface area contributed by atoms with Gasteiger partial charge in [0.2, 0.25) is 16.8 Å². The Kier molecular flexibility index (Phi) is 5.19. The van der Waals surface area contributed by atoms with Crippen molar-refractivity contribution in [3.8, 4) is 11.5 Å². The Balaban J connectivity index is 1.57. The summed E-state index contributed by atoms with van der Waals surface area (Å²) in [7, 11) is -3.40. The number of rotatable bonds is 5. The second-order valence-corrected chi connectivity index (χ2v) is 8.59. The van der Waals surface area contributed by atoms with Gasteiger partial charge in [0, 0.05) is 24.2 Å². The van der Waals surface area contributed by atoms with Gasteiger partial charge in [-0.2, -0.15) is 4.31 Å². The van der Waals surface area contributed by atoms with Crippen LogP contribution in [0.15, 0.2) is 18.2 Å². The summed E-state index contributed by atoms with van der Waals surface area (Å²) >= 11 is 0. The molecule has 1 saturated heterocycles. The molecule has 2 heterocycles. The summed E-state index contributed by atoms with van der Waals surface area (Å²) in [4.78, 5) is 12.2. The third-order valence-electron chi connectivity index (χ3n) is 4.71. The maximum absolute atomic E-state index is 12.6. The fourth-order valence-corrected chi connectivity index (χ4v) is 5.36. The van der Waals surface area contributed by atoms with Crippen LogP contribution in [-0.4, -0.2) is 49.8 Å². The van der Waals surface area contributed by atoms with Gasteiger partial charge in [0.25, 0.3) is 5.91 Å². The van der Waals surface area contributed by atoms with Crippen LogP contribution in [0, 0.1) is 0 Å². The first kappa shape index (κ1) is 18.0. The molecule has 3 rings (SSSR count). The van der Waals surface area contributed by atoms with Crippen molar-refractivity contribution >= 4 is 15.9 Å². The maximum atomic E-state index is 12.6. The molecule has 0 aliphatic carbocycles. The van der Waals surface area contributed by atoms with Crippen LogP contribution in [0.5, 0.6) is 11.5 Å². The molecular formula is C17H24N2O5S. The topological polar surface area (TPSA) is 84.9 Å². The number of benzene rings is 1. The fraction of sp³-hybridized carbons (Fsp3) is 0.588. The van der Waals surface area contributed by atoms with E-state index >= 15 is 0 Å². The van der Waals surface area contributed by atoms with Crippen LogP contribution in [0.1, 0.15) is 43.5 Å². The molecule has 8 heteroatoms. The second-order valence-electron chi connectivity index (χ2n) is 6.60. The third-order valence-corrected chi connectivity index (χ3v) is 6.80. The summed E-state index contributed by atoms with van der Waals surface area (Å²) in [6.45, 7) is 4.10. The Labute approximate surface area is 148 Å². The average molecular weight is 368 g/mol. The Morgan fingerprint density at radius 1 is 1.20 bits per heavy atom. The van der Waals surface area contributed by atoms with Crippen LogP contribution < -0.4 is 14.8 Å². The number of nitrogens with zero attached hydrogens (tertiary/aromatic N) is 1. The average Bonchev–Trinajstić information content (AvgIpc) is 3.01. The number of sulfonamides is 1. The van der Waals surface area contributed by atoms with Gasteiger partial charge in [0.1, 0.15) is 0 Å². The zero-order valence-electron chi connectivity index (χ0n) is 14.5. The predicted octanol–water partition coefficient (Wildman–Crippen LogP) is 1.74. The van der Waals surface area contributed by atoms with Crippen molar-refractivity contribution in [1.29, 1.82) is 0 Å². The number of carbonyl (C=O) groups is 1. The number of fused-ring (bicyclic) bond motifs is 1. The smallest absolute Gasteiger partial charge is 0.251 e. The van der Waals surface area contributed by atoms with Gasteiger partial charge in [-0.25, -0.2) is 8.42 Å². The van der Waals surface area contributed by atoms with Gasteiger partial charge in [-0.1, -0.05) is 6.42 Å². The highest BCUT2D eigenvalue weighted by Crippen LogP contribution is 2.32. The molecule has 0 unspecified atom stereocenters. The first-order chi connectivity index (χ1) is 11.9. The largest absolute Gasteiger partial charge is 0.454 e. The number of amides is 1.